The van der Waals surface area contributed by atoms with Crippen LogP contribution in [0.3, 0.4) is 0 Å². The molecule has 5 nitrogen and oxygen atoms in total. The van der Waals surface area contributed by atoms with E-state index in [1.54, 1.807) is 20.4 Å². The Labute approximate surface area is 106 Å². The number of aryl methyl sites for hydroxylation is 1. The minimum atomic E-state index is 0.505. The summed E-state index contributed by atoms with van der Waals surface area (Å²) in [5, 5.41) is 0. The van der Waals surface area contributed by atoms with Gasteiger partial charge in [0.2, 0.25) is 5.95 Å². The predicted octanol–water partition coefficient (Wildman–Crippen LogP) is 1.84. The molecule has 0 bridgehead atoms. The molecule has 1 aromatic heterocycles. The molecule has 0 saturated heterocycles. The van der Waals surface area contributed by atoms with Gasteiger partial charge < -0.3 is 19.8 Å². The number of nitrogen functional groups attached to an aromatic ring is 1. The van der Waals surface area contributed by atoms with E-state index in [0.29, 0.717) is 12.5 Å². The van der Waals surface area contributed by atoms with Crippen molar-refractivity contribution in [1.29, 1.82) is 0 Å². The Morgan fingerprint density at radius 2 is 2.06 bits per heavy atom. The summed E-state index contributed by atoms with van der Waals surface area (Å²) in [6.07, 6.45) is 1.76. The van der Waals surface area contributed by atoms with E-state index in [-0.39, 0.29) is 0 Å². The van der Waals surface area contributed by atoms with E-state index in [1.165, 1.54) is 0 Å². The SMILES string of the molecule is COc1ccc(Cn2c(C)cnc2N)c(OC)c1. The first-order valence-corrected chi connectivity index (χ1v) is 5.64. The summed E-state index contributed by atoms with van der Waals surface area (Å²) < 4.78 is 12.5. The van der Waals surface area contributed by atoms with Gasteiger partial charge in [0.15, 0.2) is 0 Å². The lowest BCUT2D eigenvalue weighted by Gasteiger charge is -2.12. The minimum Gasteiger partial charge on any atom is -0.497 e. The zero-order chi connectivity index (χ0) is 13.1. The minimum absolute atomic E-state index is 0.505. The molecule has 96 valence electrons. The molecule has 0 amide bonds. The van der Waals surface area contributed by atoms with Gasteiger partial charge in [-0.3, -0.25) is 0 Å². The van der Waals surface area contributed by atoms with E-state index in [4.69, 9.17) is 15.2 Å². The third-order valence-corrected chi connectivity index (χ3v) is 2.91. The summed E-state index contributed by atoms with van der Waals surface area (Å²) in [5.74, 6) is 2.05. The van der Waals surface area contributed by atoms with Crippen molar-refractivity contribution in [3.63, 3.8) is 0 Å². The Balaban J connectivity index is 2.34. The fourth-order valence-electron chi connectivity index (χ4n) is 1.84. The van der Waals surface area contributed by atoms with Crippen LogP contribution in [0.4, 0.5) is 5.95 Å². The Morgan fingerprint density at radius 1 is 1.28 bits per heavy atom. The van der Waals surface area contributed by atoms with Crippen molar-refractivity contribution in [2.45, 2.75) is 13.5 Å². The van der Waals surface area contributed by atoms with Crippen LogP contribution in [0, 0.1) is 6.92 Å². The van der Waals surface area contributed by atoms with Gasteiger partial charge in [0.05, 0.1) is 27.0 Å². The number of aromatic nitrogens is 2. The molecule has 2 N–H and O–H groups in total. The third kappa shape index (κ3) is 2.25. The quantitative estimate of drug-likeness (QED) is 0.895. The number of hydrogen-bond acceptors (Lipinski definition) is 4. The summed E-state index contributed by atoms with van der Waals surface area (Å²) in [7, 11) is 3.27. The molecule has 1 heterocycles. The van der Waals surface area contributed by atoms with Crippen LogP contribution in [0.1, 0.15) is 11.3 Å². The van der Waals surface area contributed by atoms with Crippen molar-refractivity contribution in [2.75, 3.05) is 20.0 Å². The molecule has 0 saturated carbocycles. The number of imidazole rings is 1. The average Bonchev–Trinajstić information content (AvgIpc) is 2.71. The van der Waals surface area contributed by atoms with Gasteiger partial charge >= 0.3 is 0 Å². The van der Waals surface area contributed by atoms with Crippen molar-refractivity contribution in [3.05, 3.63) is 35.7 Å². The van der Waals surface area contributed by atoms with Crippen molar-refractivity contribution >= 4 is 5.95 Å². The van der Waals surface area contributed by atoms with E-state index >= 15 is 0 Å². The van der Waals surface area contributed by atoms with Gasteiger partial charge in [0.1, 0.15) is 11.5 Å². The molecule has 18 heavy (non-hydrogen) atoms. The molecule has 2 rings (SSSR count). The van der Waals surface area contributed by atoms with Crippen LogP contribution in [-0.4, -0.2) is 23.8 Å². The molecule has 0 aliphatic heterocycles. The van der Waals surface area contributed by atoms with E-state index in [0.717, 1.165) is 22.8 Å². The normalized spacial score (nSPS) is 10.4. The van der Waals surface area contributed by atoms with Gasteiger partial charge in [-0.05, 0) is 19.1 Å². The summed E-state index contributed by atoms with van der Waals surface area (Å²) in [4.78, 5) is 4.08. The van der Waals surface area contributed by atoms with Crippen LogP contribution >= 0.6 is 0 Å². The highest BCUT2D eigenvalue weighted by Crippen LogP contribution is 2.26. The van der Waals surface area contributed by atoms with Gasteiger partial charge in [0, 0.05) is 17.3 Å². The maximum atomic E-state index is 5.82. The zero-order valence-electron chi connectivity index (χ0n) is 10.8. The summed E-state index contributed by atoms with van der Waals surface area (Å²) in [6.45, 7) is 2.60. The summed E-state index contributed by atoms with van der Waals surface area (Å²) in [6, 6.07) is 5.73. The highest BCUT2D eigenvalue weighted by molar-refractivity contribution is 5.41. The molecule has 0 spiro atoms. The summed E-state index contributed by atoms with van der Waals surface area (Å²) >= 11 is 0. The molecule has 0 atom stereocenters. The van der Waals surface area contributed by atoms with Crippen molar-refractivity contribution in [3.8, 4) is 11.5 Å². The van der Waals surface area contributed by atoms with Crippen molar-refractivity contribution < 1.29 is 9.47 Å². The lowest BCUT2D eigenvalue weighted by molar-refractivity contribution is 0.390. The molecular formula is C13H17N3O2. The second kappa shape index (κ2) is 5.00. The van der Waals surface area contributed by atoms with Gasteiger partial charge in [-0.15, -0.1) is 0 Å². The molecule has 1 aromatic carbocycles. The number of methoxy groups -OCH3 is 2. The van der Waals surface area contributed by atoms with E-state index in [1.807, 2.05) is 29.7 Å². The summed E-state index contributed by atoms with van der Waals surface area (Å²) in [5.41, 5.74) is 7.88. The fraction of sp³-hybridized carbons (Fsp3) is 0.308. The maximum absolute atomic E-state index is 5.82. The van der Waals surface area contributed by atoms with Crippen LogP contribution in [0.15, 0.2) is 24.4 Å². The van der Waals surface area contributed by atoms with Gasteiger partial charge in [-0.1, -0.05) is 0 Å². The van der Waals surface area contributed by atoms with Crippen LogP contribution in [0.5, 0.6) is 11.5 Å². The number of benzene rings is 1. The number of anilines is 1. The van der Waals surface area contributed by atoms with Crippen molar-refractivity contribution in [1.82, 2.24) is 9.55 Å². The first kappa shape index (κ1) is 12.3. The Kier molecular flexibility index (Phi) is 3.41. The van der Waals surface area contributed by atoms with Crippen LogP contribution in [0.25, 0.3) is 0 Å². The second-order valence-corrected chi connectivity index (χ2v) is 4.02. The monoisotopic (exact) mass is 247 g/mol. The van der Waals surface area contributed by atoms with Crippen molar-refractivity contribution in [2.24, 2.45) is 0 Å². The van der Waals surface area contributed by atoms with Crippen LogP contribution in [-0.2, 0) is 6.54 Å². The van der Waals surface area contributed by atoms with Gasteiger partial charge in [0.25, 0.3) is 0 Å². The maximum Gasteiger partial charge on any atom is 0.200 e. The zero-order valence-corrected chi connectivity index (χ0v) is 10.8. The van der Waals surface area contributed by atoms with Crippen LogP contribution < -0.4 is 15.2 Å². The molecule has 0 fully saturated rings. The fourth-order valence-corrected chi connectivity index (χ4v) is 1.84. The topological polar surface area (TPSA) is 62.3 Å². The van der Waals surface area contributed by atoms with Gasteiger partial charge in [-0.25, -0.2) is 4.98 Å². The standard InChI is InChI=1S/C13H17N3O2/c1-9-7-15-13(14)16(9)8-10-4-5-11(17-2)6-12(10)18-3/h4-7H,8H2,1-3H3,(H2,14,15). The predicted molar refractivity (Wildman–Crippen MR) is 70.0 cm³/mol. The third-order valence-electron chi connectivity index (χ3n) is 2.91. The molecular weight excluding hydrogens is 230 g/mol. The number of ether oxygens (including phenoxy) is 2. The largest absolute Gasteiger partial charge is 0.497 e. The molecule has 0 radical (unpaired) electrons. The lowest BCUT2D eigenvalue weighted by Crippen LogP contribution is -2.07. The first-order chi connectivity index (χ1) is 8.65. The smallest absolute Gasteiger partial charge is 0.200 e. The Hall–Kier alpha value is -2.17. The highest BCUT2D eigenvalue weighted by Gasteiger charge is 2.09. The van der Waals surface area contributed by atoms with E-state index in [9.17, 15) is 0 Å². The number of nitrogens with zero attached hydrogens (tertiary/aromatic N) is 2. The van der Waals surface area contributed by atoms with E-state index < -0.39 is 0 Å². The molecule has 2 aromatic rings. The Morgan fingerprint density at radius 3 is 2.61 bits per heavy atom. The second-order valence-electron chi connectivity index (χ2n) is 4.02. The number of hydrogen-bond donors (Lipinski definition) is 1. The van der Waals surface area contributed by atoms with Gasteiger partial charge in [-0.2, -0.15) is 0 Å². The number of nitrogens with two attached hydrogens (primary N) is 1. The Bertz CT molecular complexity index is 530. The molecule has 0 aliphatic rings. The van der Waals surface area contributed by atoms with E-state index in [2.05, 4.69) is 4.98 Å². The number of rotatable bonds is 4. The lowest BCUT2D eigenvalue weighted by atomic mass is 10.2. The molecule has 5 heteroatoms. The highest BCUT2D eigenvalue weighted by atomic mass is 16.5. The molecule has 0 aliphatic carbocycles. The van der Waals surface area contributed by atoms with Crippen LogP contribution in [0.2, 0.25) is 0 Å². The molecule has 0 unspecified atom stereocenters. The first-order valence-electron chi connectivity index (χ1n) is 5.64. The average molecular weight is 247 g/mol.